The highest BCUT2D eigenvalue weighted by Gasteiger charge is 2.27. The third-order valence-electron chi connectivity index (χ3n) is 3.50. The Labute approximate surface area is 126 Å². The molecule has 1 fully saturated rings. The van der Waals surface area contributed by atoms with Gasteiger partial charge in [-0.15, -0.1) is 0 Å². The lowest BCUT2D eigenvalue weighted by molar-refractivity contribution is -0.0826. The van der Waals surface area contributed by atoms with E-state index in [-0.39, 0.29) is 18.0 Å². The first-order valence-corrected chi connectivity index (χ1v) is 7.76. The van der Waals surface area contributed by atoms with Gasteiger partial charge in [-0.1, -0.05) is 0 Å². The molecule has 3 rings (SSSR count). The lowest BCUT2D eigenvalue weighted by atomic mass is 10.1. The van der Waals surface area contributed by atoms with Crippen LogP contribution in [0.2, 0.25) is 0 Å². The van der Waals surface area contributed by atoms with Gasteiger partial charge < -0.3 is 14.3 Å². The van der Waals surface area contributed by atoms with Crippen LogP contribution in [-0.4, -0.2) is 29.2 Å². The van der Waals surface area contributed by atoms with E-state index < -0.39 is 5.43 Å². The molecule has 21 heavy (non-hydrogen) atoms. The molecule has 1 saturated heterocycles. The summed E-state index contributed by atoms with van der Waals surface area (Å²) in [6, 6.07) is 3.42. The van der Waals surface area contributed by atoms with Crippen molar-refractivity contribution in [2.24, 2.45) is 0 Å². The molecule has 2 unspecified atom stereocenters. The van der Waals surface area contributed by atoms with Crippen LogP contribution in [0, 0.1) is 0 Å². The smallest absolute Gasteiger partial charge is 0.226 e. The fourth-order valence-electron chi connectivity index (χ4n) is 2.56. The Kier molecular flexibility index (Phi) is 4.10. The first kappa shape index (κ1) is 14.3. The zero-order valence-electron chi connectivity index (χ0n) is 11.7. The van der Waals surface area contributed by atoms with Crippen LogP contribution in [0.3, 0.4) is 0 Å². The van der Waals surface area contributed by atoms with Gasteiger partial charge in [-0.25, -0.2) is 0 Å². The van der Waals surface area contributed by atoms with Crippen LogP contribution in [0.5, 0.6) is 5.75 Å². The van der Waals surface area contributed by atoms with E-state index in [1.807, 2.05) is 12.3 Å². The first-order chi connectivity index (χ1) is 10.1. The second kappa shape index (κ2) is 6.01. The molecule has 0 aliphatic carbocycles. The Morgan fingerprint density at radius 3 is 3.05 bits per heavy atom. The summed E-state index contributed by atoms with van der Waals surface area (Å²) in [6.45, 7) is 4.11. The van der Waals surface area contributed by atoms with E-state index in [1.165, 1.54) is 11.6 Å². The van der Waals surface area contributed by atoms with E-state index in [9.17, 15) is 9.90 Å². The summed E-state index contributed by atoms with van der Waals surface area (Å²) in [4.78, 5) is 13.6. The SMILES string of the molecule is CC1CN(Cc2cc(=O)c(O)co2)CC(c2ccsc2)O1. The van der Waals surface area contributed by atoms with Crippen LogP contribution in [-0.2, 0) is 11.3 Å². The van der Waals surface area contributed by atoms with E-state index in [2.05, 4.69) is 16.3 Å². The van der Waals surface area contributed by atoms with Gasteiger partial charge in [-0.05, 0) is 29.3 Å². The molecule has 1 N–H and O–H groups in total. The highest BCUT2D eigenvalue weighted by Crippen LogP contribution is 2.27. The van der Waals surface area contributed by atoms with Crippen molar-refractivity contribution >= 4 is 11.3 Å². The highest BCUT2D eigenvalue weighted by atomic mass is 32.1. The molecule has 0 bridgehead atoms. The van der Waals surface area contributed by atoms with Gasteiger partial charge in [-0.2, -0.15) is 11.3 Å². The average molecular weight is 307 g/mol. The van der Waals surface area contributed by atoms with Crippen LogP contribution in [0.4, 0.5) is 0 Å². The van der Waals surface area contributed by atoms with Crippen molar-refractivity contribution < 1.29 is 14.3 Å². The second-order valence-electron chi connectivity index (χ2n) is 5.28. The van der Waals surface area contributed by atoms with E-state index in [4.69, 9.17) is 9.15 Å². The Bertz CT molecular complexity index is 652. The van der Waals surface area contributed by atoms with Crippen molar-refractivity contribution in [1.29, 1.82) is 0 Å². The molecule has 3 heterocycles. The molecule has 1 aliphatic rings. The van der Waals surface area contributed by atoms with Gasteiger partial charge in [0.25, 0.3) is 0 Å². The maximum atomic E-state index is 11.4. The zero-order valence-corrected chi connectivity index (χ0v) is 12.5. The van der Waals surface area contributed by atoms with E-state index in [0.29, 0.717) is 12.3 Å². The van der Waals surface area contributed by atoms with Gasteiger partial charge in [0.2, 0.25) is 5.43 Å². The summed E-state index contributed by atoms with van der Waals surface area (Å²) < 4.78 is 11.2. The number of ether oxygens (including phenoxy) is 1. The van der Waals surface area contributed by atoms with E-state index in [0.717, 1.165) is 19.4 Å². The quantitative estimate of drug-likeness (QED) is 0.943. The van der Waals surface area contributed by atoms with Crippen LogP contribution in [0.1, 0.15) is 24.4 Å². The summed E-state index contributed by atoms with van der Waals surface area (Å²) in [5.41, 5.74) is 0.774. The first-order valence-electron chi connectivity index (χ1n) is 6.82. The normalized spacial score (nSPS) is 23.3. The summed E-state index contributed by atoms with van der Waals surface area (Å²) in [7, 11) is 0. The average Bonchev–Trinajstić information content (AvgIpc) is 2.96. The van der Waals surface area contributed by atoms with Crippen LogP contribution < -0.4 is 5.43 Å². The second-order valence-corrected chi connectivity index (χ2v) is 6.06. The molecule has 0 radical (unpaired) electrons. The van der Waals surface area contributed by atoms with Gasteiger partial charge in [0.15, 0.2) is 5.75 Å². The van der Waals surface area contributed by atoms with Gasteiger partial charge in [-0.3, -0.25) is 9.69 Å². The molecule has 112 valence electrons. The Morgan fingerprint density at radius 2 is 2.33 bits per heavy atom. The van der Waals surface area contributed by atoms with Gasteiger partial charge in [0.05, 0.1) is 18.8 Å². The third-order valence-corrected chi connectivity index (χ3v) is 4.20. The fraction of sp³-hybridized carbons (Fsp3) is 0.400. The van der Waals surface area contributed by atoms with Gasteiger partial charge in [0.1, 0.15) is 12.0 Å². The van der Waals surface area contributed by atoms with Crippen LogP contribution >= 0.6 is 11.3 Å². The van der Waals surface area contributed by atoms with Crippen LogP contribution in [0.25, 0.3) is 0 Å². The van der Waals surface area contributed by atoms with Crippen molar-refractivity contribution in [2.45, 2.75) is 25.7 Å². The van der Waals surface area contributed by atoms with Crippen molar-refractivity contribution in [3.63, 3.8) is 0 Å². The van der Waals surface area contributed by atoms with Gasteiger partial charge in [0, 0.05) is 19.2 Å². The maximum Gasteiger partial charge on any atom is 0.226 e. The zero-order chi connectivity index (χ0) is 14.8. The Balaban J connectivity index is 1.72. The van der Waals surface area contributed by atoms with Crippen molar-refractivity contribution in [1.82, 2.24) is 4.90 Å². The molecule has 2 aromatic rings. The molecule has 0 aromatic carbocycles. The molecular formula is C15H17NO4S. The van der Waals surface area contributed by atoms with Crippen LogP contribution in [0.15, 0.2) is 38.4 Å². The summed E-state index contributed by atoms with van der Waals surface area (Å²) in [5, 5.41) is 13.4. The minimum absolute atomic E-state index is 0.0452. The van der Waals surface area contributed by atoms with Crippen molar-refractivity contribution in [3.8, 4) is 5.75 Å². The molecule has 1 aliphatic heterocycles. The topological polar surface area (TPSA) is 62.9 Å². The van der Waals surface area contributed by atoms with E-state index >= 15 is 0 Å². The number of thiophene rings is 1. The Hall–Kier alpha value is -1.63. The number of hydrogen-bond acceptors (Lipinski definition) is 6. The molecule has 2 aromatic heterocycles. The number of aromatic hydroxyl groups is 1. The maximum absolute atomic E-state index is 11.4. The fourth-order valence-corrected chi connectivity index (χ4v) is 3.26. The number of hydrogen-bond donors (Lipinski definition) is 1. The molecule has 0 amide bonds. The minimum atomic E-state index is -0.410. The Morgan fingerprint density at radius 1 is 1.48 bits per heavy atom. The monoisotopic (exact) mass is 307 g/mol. The van der Waals surface area contributed by atoms with E-state index in [1.54, 1.807) is 11.3 Å². The predicted octanol–water partition coefficient (Wildman–Crippen LogP) is 2.37. The lowest BCUT2D eigenvalue weighted by Crippen LogP contribution is -2.42. The molecule has 6 heteroatoms. The molecule has 0 spiro atoms. The van der Waals surface area contributed by atoms with Crippen molar-refractivity contribution in [3.05, 3.63) is 50.7 Å². The summed E-state index contributed by atoms with van der Waals surface area (Å²) in [6.07, 6.45) is 1.26. The number of nitrogens with zero attached hydrogens (tertiary/aromatic N) is 1. The van der Waals surface area contributed by atoms with Crippen molar-refractivity contribution in [2.75, 3.05) is 13.1 Å². The summed E-state index contributed by atoms with van der Waals surface area (Å²) in [5.74, 6) is 0.196. The molecule has 0 saturated carbocycles. The largest absolute Gasteiger partial charge is 0.502 e. The summed E-state index contributed by atoms with van der Waals surface area (Å²) >= 11 is 1.66. The number of morpholine rings is 1. The molecule has 5 nitrogen and oxygen atoms in total. The van der Waals surface area contributed by atoms with Gasteiger partial charge >= 0.3 is 0 Å². The third kappa shape index (κ3) is 3.34. The minimum Gasteiger partial charge on any atom is -0.502 e. The molecular weight excluding hydrogens is 290 g/mol. The standard InChI is InChI=1S/C15H17NO4S/c1-10-5-16(6-12-4-13(17)14(18)8-19-12)7-15(20-10)11-2-3-21-9-11/h2-4,8-10,15,18H,5-7H2,1H3. The number of rotatable bonds is 3. The highest BCUT2D eigenvalue weighted by molar-refractivity contribution is 7.07. The lowest BCUT2D eigenvalue weighted by Gasteiger charge is -2.36. The molecule has 2 atom stereocenters. The predicted molar refractivity (Wildman–Crippen MR) is 79.5 cm³/mol.